The first-order valence-corrected chi connectivity index (χ1v) is 22.0. The first kappa shape index (κ1) is 46.2. The Labute approximate surface area is 340 Å². The predicted molar refractivity (Wildman–Crippen MR) is 226 cm³/mol. The van der Waals surface area contributed by atoms with Crippen LogP contribution in [0.15, 0.2) is 18.2 Å². The minimum atomic E-state index is -0.0992. The summed E-state index contributed by atoms with van der Waals surface area (Å²) in [7, 11) is 0. The van der Waals surface area contributed by atoms with Gasteiger partial charge in [-0.3, -0.25) is 14.4 Å². The fraction of sp³-hybridized carbons (Fsp3) is 0.809. The van der Waals surface area contributed by atoms with Crippen molar-refractivity contribution in [1.29, 1.82) is 0 Å². The molecule has 0 amide bonds. The quantitative estimate of drug-likeness (QED) is 0.0763. The van der Waals surface area contributed by atoms with E-state index in [1.54, 1.807) is 0 Å². The monoisotopic (exact) mass is 782 g/mol. The lowest BCUT2D eigenvalue weighted by Gasteiger charge is -2.46. The number of unbranched alkanes of at least 4 members (excludes halogenated alkanes) is 3. The van der Waals surface area contributed by atoms with E-state index in [1.165, 1.54) is 16.7 Å². The number of benzene rings is 1. The van der Waals surface area contributed by atoms with Crippen molar-refractivity contribution in [2.45, 2.75) is 244 Å². The zero-order chi connectivity index (χ0) is 41.4. The molecule has 3 heterocycles. The molecule has 0 radical (unpaired) electrons. The molecule has 0 saturated carbocycles. The number of ether oxygens (including phenoxy) is 3. The second-order valence-corrected chi connectivity index (χ2v) is 21.0. The van der Waals surface area contributed by atoms with E-state index in [2.05, 4.69) is 110 Å². The van der Waals surface area contributed by atoms with Crippen LogP contribution < -0.4 is 16.0 Å². The Bertz CT molecular complexity index is 1430. The highest BCUT2D eigenvalue weighted by molar-refractivity contribution is 5.70. The number of aryl methyl sites for hydroxylation is 3. The molecule has 2 atom stereocenters. The molecule has 0 aliphatic carbocycles. The summed E-state index contributed by atoms with van der Waals surface area (Å²) >= 11 is 0. The molecular weight excluding hydrogens is 703 g/mol. The molecule has 1 aromatic carbocycles. The van der Waals surface area contributed by atoms with Crippen LogP contribution in [0.5, 0.6) is 0 Å². The summed E-state index contributed by atoms with van der Waals surface area (Å²) in [5, 5.41) is 10.9. The van der Waals surface area contributed by atoms with Crippen LogP contribution in [-0.2, 0) is 47.9 Å². The topological polar surface area (TPSA) is 115 Å². The van der Waals surface area contributed by atoms with Gasteiger partial charge in [-0.25, -0.2) is 0 Å². The average Bonchev–Trinajstić information content (AvgIpc) is 3.00. The molecule has 1 aromatic rings. The summed E-state index contributed by atoms with van der Waals surface area (Å²) < 4.78 is 17.8. The van der Waals surface area contributed by atoms with Gasteiger partial charge in [0.15, 0.2) is 0 Å². The summed E-state index contributed by atoms with van der Waals surface area (Å²) in [5.74, 6) is -0.284. The Balaban J connectivity index is 1.27. The van der Waals surface area contributed by atoms with E-state index in [0.29, 0.717) is 25.3 Å². The van der Waals surface area contributed by atoms with Crippen molar-refractivity contribution in [1.82, 2.24) is 16.0 Å². The number of carbonyl (C=O) groups is 3. The highest BCUT2D eigenvalue weighted by atomic mass is 16.6. The van der Waals surface area contributed by atoms with Gasteiger partial charge in [0.05, 0.1) is 0 Å². The molecule has 4 rings (SSSR count). The standard InChI is InChI=1S/C47H79N3O6/c1-33-26-37(28-43(2,3)48-33)54-40(51)21-15-12-18-34-24-25-35(19-13-16-22-41(52)55-38-29-44(4,5)49-45(6,7)30-38)36(27-34)20-14-17-23-42(53)56-39-31-46(8,9)50-47(10,11)32-39/h24-25,27,33,37-39,48-50H,12-23,26,28-32H2,1-11H3. The van der Waals surface area contributed by atoms with Crippen LogP contribution in [0.25, 0.3) is 0 Å². The molecule has 3 N–H and O–H groups in total. The molecule has 3 saturated heterocycles. The molecule has 0 spiro atoms. The van der Waals surface area contributed by atoms with Gasteiger partial charge in [0, 0.05) is 85.1 Å². The van der Waals surface area contributed by atoms with Crippen LogP contribution in [0, 0.1) is 0 Å². The van der Waals surface area contributed by atoms with E-state index in [0.717, 1.165) is 96.3 Å². The first-order chi connectivity index (χ1) is 26.0. The lowest BCUT2D eigenvalue weighted by Crippen LogP contribution is -2.59. The van der Waals surface area contributed by atoms with Crippen LogP contribution in [0.1, 0.15) is 189 Å². The van der Waals surface area contributed by atoms with Gasteiger partial charge in [0.1, 0.15) is 18.3 Å². The zero-order valence-corrected chi connectivity index (χ0v) is 37.2. The maximum Gasteiger partial charge on any atom is 0.306 e. The lowest BCUT2D eigenvalue weighted by molar-refractivity contribution is -0.154. The molecule has 3 fully saturated rings. The number of hydrogen-bond donors (Lipinski definition) is 3. The van der Waals surface area contributed by atoms with Crippen LogP contribution in [0.2, 0.25) is 0 Å². The Morgan fingerprint density at radius 1 is 0.536 bits per heavy atom. The van der Waals surface area contributed by atoms with Crippen molar-refractivity contribution in [3.05, 3.63) is 34.9 Å². The van der Waals surface area contributed by atoms with Crippen molar-refractivity contribution in [3.8, 4) is 0 Å². The van der Waals surface area contributed by atoms with E-state index in [1.807, 2.05) is 0 Å². The van der Waals surface area contributed by atoms with Gasteiger partial charge in [-0.15, -0.1) is 0 Å². The maximum absolute atomic E-state index is 12.9. The second-order valence-electron chi connectivity index (χ2n) is 21.0. The normalized spacial score (nSPS) is 24.3. The fourth-order valence-electron chi connectivity index (χ4n) is 10.4. The van der Waals surface area contributed by atoms with Crippen LogP contribution >= 0.6 is 0 Å². The van der Waals surface area contributed by atoms with E-state index in [9.17, 15) is 14.4 Å². The maximum atomic E-state index is 12.9. The van der Waals surface area contributed by atoms with Gasteiger partial charge in [-0.1, -0.05) is 18.2 Å². The third kappa shape index (κ3) is 16.4. The zero-order valence-electron chi connectivity index (χ0n) is 37.2. The number of carbonyl (C=O) groups excluding carboxylic acids is 3. The molecule has 9 heteroatoms. The summed E-state index contributed by atoms with van der Waals surface area (Å²) in [6.45, 7) is 23.9. The van der Waals surface area contributed by atoms with Gasteiger partial charge in [0.25, 0.3) is 0 Å². The third-order valence-electron chi connectivity index (χ3n) is 11.7. The summed E-state index contributed by atoms with van der Waals surface area (Å²) in [5.41, 5.74) is 3.63. The molecule has 3 aliphatic heterocycles. The number of piperidine rings is 3. The molecule has 0 aromatic heterocycles. The molecule has 9 nitrogen and oxygen atoms in total. The highest BCUT2D eigenvalue weighted by Gasteiger charge is 2.40. The average molecular weight is 782 g/mol. The van der Waals surface area contributed by atoms with Crippen molar-refractivity contribution in [2.24, 2.45) is 0 Å². The molecule has 3 aliphatic rings. The number of esters is 3. The van der Waals surface area contributed by atoms with Gasteiger partial charge < -0.3 is 30.2 Å². The molecule has 56 heavy (non-hydrogen) atoms. The van der Waals surface area contributed by atoms with Crippen molar-refractivity contribution >= 4 is 17.9 Å². The van der Waals surface area contributed by atoms with Gasteiger partial charge in [0.2, 0.25) is 0 Å². The van der Waals surface area contributed by atoms with Crippen LogP contribution in [0.3, 0.4) is 0 Å². The lowest BCUT2D eigenvalue weighted by atomic mass is 9.81. The second kappa shape index (κ2) is 19.5. The number of rotatable bonds is 18. The molecule has 2 unspecified atom stereocenters. The highest BCUT2D eigenvalue weighted by Crippen LogP contribution is 2.32. The van der Waals surface area contributed by atoms with Crippen molar-refractivity contribution in [2.75, 3.05) is 0 Å². The Morgan fingerprint density at radius 3 is 1.38 bits per heavy atom. The van der Waals surface area contributed by atoms with Crippen LogP contribution in [0.4, 0.5) is 0 Å². The van der Waals surface area contributed by atoms with Gasteiger partial charge >= 0.3 is 17.9 Å². The Hall–Kier alpha value is -2.49. The third-order valence-corrected chi connectivity index (χ3v) is 11.7. The van der Waals surface area contributed by atoms with Crippen molar-refractivity contribution in [3.63, 3.8) is 0 Å². The Morgan fingerprint density at radius 2 is 0.929 bits per heavy atom. The Kier molecular flexibility index (Phi) is 16.1. The molecular formula is C47H79N3O6. The van der Waals surface area contributed by atoms with Gasteiger partial charge in [-0.2, -0.15) is 0 Å². The molecule has 318 valence electrons. The smallest absolute Gasteiger partial charge is 0.306 e. The minimum Gasteiger partial charge on any atom is -0.462 e. The fourth-order valence-corrected chi connectivity index (χ4v) is 10.4. The predicted octanol–water partition coefficient (Wildman–Crippen LogP) is 8.99. The van der Waals surface area contributed by atoms with Crippen LogP contribution in [-0.4, -0.2) is 70.0 Å². The van der Waals surface area contributed by atoms with E-state index in [4.69, 9.17) is 14.2 Å². The first-order valence-electron chi connectivity index (χ1n) is 22.0. The summed E-state index contributed by atoms with van der Waals surface area (Å²) in [4.78, 5) is 38.5. The van der Waals surface area contributed by atoms with E-state index >= 15 is 0 Å². The van der Waals surface area contributed by atoms with E-state index in [-0.39, 0.29) is 63.9 Å². The largest absolute Gasteiger partial charge is 0.462 e. The summed E-state index contributed by atoms with van der Waals surface area (Å²) in [6.07, 6.45) is 14.0. The van der Waals surface area contributed by atoms with Gasteiger partial charge in [-0.05, 0) is 157 Å². The number of nitrogens with one attached hydrogen (secondary N) is 3. The number of hydrogen-bond acceptors (Lipinski definition) is 9. The minimum absolute atomic E-state index is 0.0190. The summed E-state index contributed by atoms with van der Waals surface area (Å²) in [6, 6.07) is 7.15. The molecule has 0 bridgehead atoms. The van der Waals surface area contributed by atoms with Crippen molar-refractivity contribution < 1.29 is 28.6 Å². The SMILES string of the molecule is CC1CC(OC(=O)CCCCc2ccc(CCCCC(=O)OC3CC(C)(C)NC(C)(C)C3)c(CCCCC(=O)OC3CC(C)(C)NC(C)(C)C3)c2)CC(C)(C)N1. The van der Waals surface area contributed by atoms with E-state index < -0.39 is 0 Å².